The van der Waals surface area contributed by atoms with E-state index < -0.39 is 0 Å². The number of methoxy groups -OCH3 is 1. The SMILES string of the molecule is COc1nc(SCc2ccc(N=[N+]=[N-])cc2)nc(-c2ccc(-c3ccccc3)cc2)c1C#N. The number of thioether (sulfide) groups is 1. The minimum atomic E-state index is 0.246. The summed E-state index contributed by atoms with van der Waals surface area (Å²) in [6.07, 6.45) is 0. The van der Waals surface area contributed by atoms with Crippen molar-refractivity contribution in [1.82, 2.24) is 9.97 Å². The van der Waals surface area contributed by atoms with E-state index in [1.54, 1.807) is 12.1 Å². The van der Waals surface area contributed by atoms with Crippen LogP contribution < -0.4 is 4.74 Å². The molecule has 0 aliphatic heterocycles. The van der Waals surface area contributed by atoms with Gasteiger partial charge in [0.05, 0.1) is 12.8 Å². The van der Waals surface area contributed by atoms with E-state index in [9.17, 15) is 5.26 Å². The molecule has 0 radical (unpaired) electrons. The predicted octanol–water partition coefficient (Wildman–Crippen LogP) is 6.92. The number of hydrogen-bond acceptors (Lipinski definition) is 6. The van der Waals surface area contributed by atoms with Gasteiger partial charge in [-0.1, -0.05) is 95.7 Å². The van der Waals surface area contributed by atoms with E-state index in [0.717, 1.165) is 22.3 Å². The Morgan fingerprint density at radius 3 is 2.24 bits per heavy atom. The highest BCUT2D eigenvalue weighted by atomic mass is 32.2. The normalized spacial score (nSPS) is 10.2. The molecule has 0 aliphatic rings. The van der Waals surface area contributed by atoms with Crippen molar-refractivity contribution in [3.8, 4) is 34.3 Å². The Morgan fingerprint density at radius 2 is 1.61 bits per heavy atom. The highest BCUT2D eigenvalue weighted by molar-refractivity contribution is 7.98. The van der Waals surface area contributed by atoms with Crippen LogP contribution in [0.15, 0.2) is 89.1 Å². The van der Waals surface area contributed by atoms with Crippen LogP contribution in [0.4, 0.5) is 5.69 Å². The summed E-state index contributed by atoms with van der Waals surface area (Å²) < 4.78 is 5.39. The van der Waals surface area contributed by atoms with Crippen molar-refractivity contribution in [1.29, 1.82) is 5.26 Å². The summed E-state index contributed by atoms with van der Waals surface area (Å²) in [4.78, 5) is 11.9. The molecule has 160 valence electrons. The van der Waals surface area contributed by atoms with Gasteiger partial charge in [-0.15, -0.1) is 0 Å². The lowest BCUT2D eigenvalue weighted by Crippen LogP contribution is -2.01. The molecule has 7 nitrogen and oxygen atoms in total. The Bertz CT molecular complexity index is 1340. The summed E-state index contributed by atoms with van der Waals surface area (Å²) in [7, 11) is 1.49. The molecule has 0 N–H and O–H groups in total. The maximum absolute atomic E-state index is 9.74. The molecule has 1 aromatic heterocycles. The van der Waals surface area contributed by atoms with E-state index in [-0.39, 0.29) is 5.88 Å². The minimum absolute atomic E-state index is 0.246. The number of rotatable bonds is 7. The molecule has 0 fully saturated rings. The van der Waals surface area contributed by atoms with Gasteiger partial charge in [0.2, 0.25) is 5.88 Å². The van der Waals surface area contributed by atoms with Gasteiger partial charge in [-0.05, 0) is 22.2 Å². The number of hydrogen-bond donors (Lipinski definition) is 0. The zero-order chi connectivity index (χ0) is 23.0. The van der Waals surface area contributed by atoms with Gasteiger partial charge < -0.3 is 4.74 Å². The average Bonchev–Trinajstić information content (AvgIpc) is 2.88. The fourth-order valence-corrected chi connectivity index (χ4v) is 4.04. The lowest BCUT2D eigenvalue weighted by molar-refractivity contribution is 0.391. The minimum Gasteiger partial charge on any atom is -0.480 e. The first-order valence-corrected chi connectivity index (χ1v) is 11.0. The molecule has 4 rings (SSSR count). The fraction of sp³-hybridized carbons (Fsp3) is 0.0800. The first-order chi connectivity index (χ1) is 16.2. The van der Waals surface area contributed by atoms with Gasteiger partial charge in [0.25, 0.3) is 0 Å². The van der Waals surface area contributed by atoms with Crippen LogP contribution in [0.25, 0.3) is 32.8 Å². The maximum atomic E-state index is 9.74. The van der Waals surface area contributed by atoms with Gasteiger partial charge in [-0.3, -0.25) is 0 Å². The Kier molecular flexibility index (Phi) is 6.86. The van der Waals surface area contributed by atoms with E-state index in [1.165, 1.54) is 18.9 Å². The summed E-state index contributed by atoms with van der Waals surface area (Å²) >= 11 is 1.44. The zero-order valence-corrected chi connectivity index (χ0v) is 18.5. The maximum Gasteiger partial charge on any atom is 0.236 e. The Hall–Kier alpha value is -4.31. The van der Waals surface area contributed by atoms with Crippen LogP contribution in [0.5, 0.6) is 5.88 Å². The Labute approximate surface area is 195 Å². The first kappa shape index (κ1) is 21.9. The topological polar surface area (TPSA) is 108 Å². The van der Waals surface area contributed by atoms with Crippen molar-refractivity contribution in [2.24, 2.45) is 5.11 Å². The quantitative estimate of drug-likeness (QED) is 0.0997. The molecule has 0 bridgehead atoms. The number of aromatic nitrogens is 2. The summed E-state index contributed by atoms with van der Waals surface area (Å²) in [5.74, 6) is 0.855. The molecule has 4 aromatic rings. The molecule has 1 heterocycles. The van der Waals surface area contributed by atoms with Gasteiger partial charge in [-0.25, -0.2) is 4.98 Å². The van der Waals surface area contributed by atoms with Crippen LogP contribution in [-0.2, 0) is 5.75 Å². The lowest BCUT2D eigenvalue weighted by atomic mass is 10.0. The lowest BCUT2D eigenvalue weighted by Gasteiger charge is -2.11. The second-order valence-electron chi connectivity index (χ2n) is 6.94. The largest absolute Gasteiger partial charge is 0.480 e. The van der Waals surface area contributed by atoms with E-state index >= 15 is 0 Å². The van der Waals surface area contributed by atoms with Crippen molar-refractivity contribution in [3.05, 3.63) is 100 Å². The Balaban J connectivity index is 1.63. The third-order valence-electron chi connectivity index (χ3n) is 4.89. The van der Waals surface area contributed by atoms with Crippen LogP contribution in [0.3, 0.4) is 0 Å². The first-order valence-electron chi connectivity index (χ1n) is 10.0. The summed E-state index contributed by atoms with van der Waals surface area (Å²) in [5.41, 5.74) is 14.0. The van der Waals surface area contributed by atoms with Crippen LogP contribution >= 0.6 is 11.8 Å². The van der Waals surface area contributed by atoms with Crippen molar-refractivity contribution in [2.75, 3.05) is 7.11 Å². The van der Waals surface area contributed by atoms with E-state index in [4.69, 9.17) is 10.3 Å². The van der Waals surface area contributed by atoms with Crippen LogP contribution in [0.1, 0.15) is 11.1 Å². The molecule has 0 saturated carbocycles. The van der Waals surface area contributed by atoms with Gasteiger partial charge in [0.15, 0.2) is 5.16 Å². The number of ether oxygens (including phenoxy) is 1. The fourth-order valence-electron chi connectivity index (χ4n) is 3.25. The third kappa shape index (κ3) is 5.13. The molecule has 33 heavy (non-hydrogen) atoms. The van der Waals surface area contributed by atoms with E-state index in [1.807, 2.05) is 54.6 Å². The molecular formula is C25H18N6OS. The Morgan fingerprint density at radius 1 is 0.939 bits per heavy atom. The molecule has 0 unspecified atom stereocenters. The van der Waals surface area contributed by atoms with Crippen LogP contribution in [0.2, 0.25) is 0 Å². The van der Waals surface area contributed by atoms with Crippen molar-refractivity contribution in [2.45, 2.75) is 10.9 Å². The van der Waals surface area contributed by atoms with E-state index in [2.05, 4.69) is 38.2 Å². The standard InChI is InChI=1S/C25H18N6OS/c1-32-24-22(15-26)23(20-11-9-19(10-12-20)18-5-3-2-4-6-18)28-25(29-24)33-16-17-7-13-21(14-8-17)30-31-27/h2-14H,16H2,1H3. The predicted molar refractivity (Wildman–Crippen MR) is 129 cm³/mol. The number of benzene rings is 3. The van der Waals surface area contributed by atoms with Gasteiger partial charge >= 0.3 is 0 Å². The third-order valence-corrected chi connectivity index (χ3v) is 5.81. The molecule has 0 saturated heterocycles. The second kappa shape index (κ2) is 10.3. The van der Waals surface area contributed by atoms with Crippen molar-refractivity contribution >= 4 is 17.4 Å². The summed E-state index contributed by atoms with van der Waals surface area (Å²) in [5, 5.41) is 13.8. The van der Waals surface area contributed by atoms with Crippen LogP contribution in [-0.4, -0.2) is 17.1 Å². The molecule has 0 amide bonds. The van der Waals surface area contributed by atoms with Gasteiger partial charge in [-0.2, -0.15) is 10.2 Å². The molecule has 0 atom stereocenters. The van der Waals surface area contributed by atoms with Gasteiger partial charge in [0, 0.05) is 21.9 Å². The zero-order valence-electron chi connectivity index (χ0n) is 17.7. The number of nitrogens with zero attached hydrogens (tertiary/aromatic N) is 6. The van der Waals surface area contributed by atoms with Gasteiger partial charge in [0.1, 0.15) is 11.6 Å². The average molecular weight is 451 g/mol. The van der Waals surface area contributed by atoms with Crippen molar-refractivity contribution in [3.63, 3.8) is 0 Å². The molecular weight excluding hydrogens is 432 g/mol. The molecule has 3 aromatic carbocycles. The monoisotopic (exact) mass is 450 g/mol. The van der Waals surface area contributed by atoms with Crippen molar-refractivity contribution < 1.29 is 4.74 Å². The smallest absolute Gasteiger partial charge is 0.236 e. The highest BCUT2D eigenvalue weighted by Crippen LogP contribution is 2.32. The molecule has 0 spiro atoms. The second-order valence-corrected chi connectivity index (χ2v) is 7.88. The number of azide groups is 1. The van der Waals surface area contributed by atoms with Crippen LogP contribution in [0, 0.1) is 11.3 Å². The number of nitriles is 1. The molecule has 0 aliphatic carbocycles. The van der Waals surface area contributed by atoms with E-state index in [0.29, 0.717) is 27.9 Å². The summed E-state index contributed by atoms with van der Waals surface area (Å²) in [6.45, 7) is 0. The molecule has 8 heteroatoms. The summed E-state index contributed by atoms with van der Waals surface area (Å²) in [6, 6.07) is 27.5. The highest BCUT2D eigenvalue weighted by Gasteiger charge is 2.17.